The molecule has 1 aromatic heterocycles. The fourth-order valence-electron chi connectivity index (χ4n) is 1.84. The van der Waals surface area contributed by atoms with E-state index in [1.165, 1.54) is 0 Å². The number of carbonyl (C=O) groups is 1. The van der Waals surface area contributed by atoms with Gasteiger partial charge in [-0.1, -0.05) is 50.0 Å². The molecule has 0 aliphatic carbocycles. The summed E-state index contributed by atoms with van der Waals surface area (Å²) >= 11 is 11.9. The van der Waals surface area contributed by atoms with Crippen molar-refractivity contribution < 1.29 is 4.79 Å². The zero-order valence-electron chi connectivity index (χ0n) is 12.6. The fourth-order valence-corrected chi connectivity index (χ4v) is 2.18. The SMILES string of the molecule is CC(C)(C)c1ccnc(NC(=O)Nc2cccc(Cl)c2Cl)c1. The summed E-state index contributed by atoms with van der Waals surface area (Å²) in [5.41, 5.74) is 1.50. The molecule has 4 nitrogen and oxygen atoms in total. The Morgan fingerprint density at radius 2 is 1.86 bits per heavy atom. The van der Waals surface area contributed by atoms with Crippen LogP contribution in [-0.4, -0.2) is 11.0 Å². The van der Waals surface area contributed by atoms with Crippen molar-refractivity contribution >= 4 is 40.7 Å². The second-order valence-electron chi connectivity index (χ2n) is 5.86. The van der Waals surface area contributed by atoms with Crippen LogP contribution in [0.4, 0.5) is 16.3 Å². The van der Waals surface area contributed by atoms with E-state index >= 15 is 0 Å². The first-order chi connectivity index (χ1) is 10.3. The average molecular weight is 338 g/mol. The average Bonchev–Trinajstić information content (AvgIpc) is 2.43. The highest BCUT2D eigenvalue weighted by Gasteiger charge is 2.15. The Hall–Kier alpha value is -1.78. The molecule has 2 N–H and O–H groups in total. The highest BCUT2D eigenvalue weighted by molar-refractivity contribution is 6.44. The molecule has 0 unspecified atom stereocenters. The van der Waals surface area contributed by atoms with Crippen molar-refractivity contribution in [3.63, 3.8) is 0 Å². The highest BCUT2D eigenvalue weighted by atomic mass is 35.5. The monoisotopic (exact) mass is 337 g/mol. The predicted octanol–water partition coefficient (Wildman–Crippen LogP) is 5.33. The van der Waals surface area contributed by atoms with Crippen molar-refractivity contribution in [2.24, 2.45) is 0 Å². The molecule has 116 valence electrons. The molecule has 0 saturated heterocycles. The van der Waals surface area contributed by atoms with Gasteiger partial charge in [0.2, 0.25) is 0 Å². The number of pyridine rings is 1. The van der Waals surface area contributed by atoms with Gasteiger partial charge in [-0.3, -0.25) is 5.32 Å². The van der Waals surface area contributed by atoms with Gasteiger partial charge in [0.1, 0.15) is 5.82 Å². The number of halogens is 2. The van der Waals surface area contributed by atoms with E-state index < -0.39 is 6.03 Å². The number of hydrogen-bond donors (Lipinski definition) is 2. The molecule has 2 amide bonds. The van der Waals surface area contributed by atoms with Gasteiger partial charge < -0.3 is 5.32 Å². The number of urea groups is 1. The minimum Gasteiger partial charge on any atom is -0.306 e. The number of nitrogens with zero attached hydrogens (tertiary/aromatic N) is 1. The van der Waals surface area contributed by atoms with Gasteiger partial charge in [0, 0.05) is 6.20 Å². The Bertz CT molecular complexity index is 696. The zero-order valence-corrected chi connectivity index (χ0v) is 14.1. The molecule has 2 aromatic rings. The predicted molar refractivity (Wildman–Crippen MR) is 92.0 cm³/mol. The van der Waals surface area contributed by atoms with Gasteiger partial charge in [0.05, 0.1) is 15.7 Å². The van der Waals surface area contributed by atoms with Crippen molar-refractivity contribution in [2.75, 3.05) is 10.6 Å². The highest BCUT2D eigenvalue weighted by Crippen LogP contribution is 2.29. The van der Waals surface area contributed by atoms with Crippen LogP contribution in [0.15, 0.2) is 36.5 Å². The topological polar surface area (TPSA) is 54.0 Å². The van der Waals surface area contributed by atoms with Crippen LogP contribution in [0.1, 0.15) is 26.3 Å². The minimum atomic E-state index is -0.428. The van der Waals surface area contributed by atoms with Crippen LogP contribution in [0.5, 0.6) is 0 Å². The Kier molecular flexibility index (Phi) is 4.94. The van der Waals surface area contributed by atoms with Gasteiger partial charge in [0.15, 0.2) is 0 Å². The van der Waals surface area contributed by atoms with E-state index in [0.717, 1.165) is 5.56 Å². The minimum absolute atomic E-state index is 0.0217. The first kappa shape index (κ1) is 16.6. The van der Waals surface area contributed by atoms with E-state index in [1.807, 2.05) is 12.1 Å². The van der Waals surface area contributed by atoms with E-state index in [9.17, 15) is 4.79 Å². The Morgan fingerprint density at radius 1 is 1.14 bits per heavy atom. The second-order valence-corrected chi connectivity index (χ2v) is 6.65. The van der Waals surface area contributed by atoms with Crippen LogP contribution in [-0.2, 0) is 5.41 Å². The molecule has 0 radical (unpaired) electrons. The molecule has 0 aliphatic heterocycles. The van der Waals surface area contributed by atoms with E-state index in [-0.39, 0.29) is 5.41 Å². The molecular formula is C16H17Cl2N3O. The molecule has 0 atom stereocenters. The van der Waals surface area contributed by atoms with Crippen LogP contribution in [0, 0.1) is 0 Å². The summed E-state index contributed by atoms with van der Waals surface area (Å²) in [5, 5.41) is 6.02. The molecule has 0 bridgehead atoms. The zero-order chi connectivity index (χ0) is 16.3. The van der Waals surface area contributed by atoms with Gasteiger partial charge >= 0.3 is 6.03 Å². The molecule has 0 fully saturated rings. The summed E-state index contributed by atoms with van der Waals surface area (Å²) < 4.78 is 0. The first-order valence-electron chi connectivity index (χ1n) is 6.76. The Morgan fingerprint density at radius 3 is 2.55 bits per heavy atom. The van der Waals surface area contributed by atoms with Crippen LogP contribution in [0.2, 0.25) is 10.0 Å². The summed E-state index contributed by atoms with van der Waals surface area (Å²) in [6.07, 6.45) is 1.67. The molecule has 0 aliphatic rings. The lowest BCUT2D eigenvalue weighted by Crippen LogP contribution is -2.21. The lowest BCUT2D eigenvalue weighted by molar-refractivity contribution is 0.262. The smallest absolute Gasteiger partial charge is 0.306 e. The summed E-state index contributed by atoms with van der Waals surface area (Å²) in [6, 6.07) is 8.38. The second kappa shape index (κ2) is 6.55. The quantitative estimate of drug-likeness (QED) is 0.777. The van der Waals surface area contributed by atoms with Gasteiger partial charge in [-0.15, -0.1) is 0 Å². The van der Waals surface area contributed by atoms with Crippen molar-refractivity contribution in [3.05, 3.63) is 52.1 Å². The largest absolute Gasteiger partial charge is 0.324 e. The number of hydrogen-bond acceptors (Lipinski definition) is 2. The lowest BCUT2D eigenvalue weighted by atomic mass is 9.88. The van der Waals surface area contributed by atoms with Gasteiger partial charge in [-0.2, -0.15) is 0 Å². The third-order valence-corrected chi connectivity index (χ3v) is 3.89. The maximum atomic E-state index is 12.0. The van der Waals surface area contributed by atoms with Crippen LogP contribution in [0.3, 0.4) is 0 Å². The lowest BCUT2D eigenvalue weighted by Gasteiger charge is -2.19. The van der Waals surface area contributed by atoms with Crippen molar-refractivity contribution in [1.82, 2.24) is 4.98 Å². The summed E-state index contributed by atoms with van der Waals surface area (Å²) in [7, 11) is 0. The molecule has 22 heavy (non-hydrogen) atoms. The molecule has 1 heterocycles. The molecular weight excluding hydrogens is 321 g/mol. The van der Waals surface area contributed by atoms with Crippen LogP contribution in [0.25, 0.3) is 0 Å². The number of rotatable bonds is 2. The van der Waals surface area contributed by atoms with Crippen molar-refractivity contribution in [1.29, 1.82) is 0 Å². The third kappa shape index (κ3) is 4.12. The van der Waals surface area contributed by atoms with Crippen molar-refractivity contribution in [3.8, 4) is 0 Å². The molecule has 2 rings (SSSR count). The first-order valence-corrected chi connectivity index (χ1v) is 7.51. The number of benzene rings is 1. The molecule has 0 spiro atoms. The van der Waals surface area contributed by atoms with Gasteiger partial charge in [-0.25, -0.2) is 9.78 Å². The van der Waals surface area contributed by atoms with Gasteiger partial charge in [-0.05, 0) is 35.2 Å². The van der Waals surface area contributed by atoms with Crippen LogP contribution >= 0.6 is 23.2 Å². The molecule has 6 heteroatoms. The van der Waals surface area contributed by atoms with Gasteiger partial charge in [0.25, 0.3) is 0 Å². The Balaban J connectivity index is 2.11. The normalized spacial score (nSPS) is 11.1. The molecule has 1 aromatic carbocycles. The maximum absolute atomic E-state index is 12.0. The summed E-state index contributed by atoms with van der Waals surface area (Å²) in [4.78, 5) is 16.2. The number of carbonyl (C=O) groups excluding carboxylic acids is 1. The maximum Gasteiger partial charge on any atom is 0.324 e. The van der Waals surface area contributed by atoms with E-state index in [1.54, 1.807) is 24.4 Å². The number of anilines is 2. The fraction of sp³-hybridized carbons (Fsp3) is 0.250. The molecule has 0 saturated carbocycles. The standard InChI is InChI=1S/C16H17Cl2N3O/c1-16(2,3)10-7-8-19-13(9-10)21-15(22)20-12-6-4-5-11(17)14(12)18/h4-9H,1-3H3,(H2,19,20,21,22). The summed E-state index contributed by atoms with van der Waals surface area (Å²) in [6.45, 7) is 6.29. The van der Waals surface area contributed by atoms with E-state index in [2.05, 4.69) is 36.4 Å². The van der Waals surface area contributed by atoms with E-state index in [4.69, 9.17) is 23.2 Å². The van der Waals surface area contributed by atoms with E-state index in [0.29, 0.717) is 21.6 Å². The summed E-state index contributed by atoms with van der Waals surface area (Å²) in [5.74, 6) is 0.475. The number of aromatic nitrogens is 1. The third-order valence-electron chi connectivity index (χ3n) is 3.07. The van der Waals surface area contributed by atoms with Crippen molar-refractivity contribution in [2.45, 2.75) is 26.2 Å². The number of amides is 2. The van der Waals surface area contributed by atoms with Crippen LogP contribution < -0.4 is 10.6 Å². The Labute approximate surface area is 139 Å². The number of nitrogens with one attached hydrogen (secondary N) is 2.